The summed E-state index contributed by atoms with van der Waals surface area (Å²) >= 11 is 2.67. The maximum Gasteiger partial charge on any atom is 0.313 e. The van der Waals surface area contributed by atoms with Crippen LogP contribution in [0.15, 0.2) is 11.4 Å². The van der Waals surface area contributed by atoms with Crippen LogP contribution in [0.1, 0.15) is 22.9 Å². The van der Waals surface area contributed by atoms with Gasteiger partial charge in [0.25, 0.3) is 0 Å². The second-order valence-corrected chi connectivity index (χ2v) is 5.78. The van der Waals surface area contributed by atoms with Crippen LogP contribution in [0.25, 0.3) is 0 Å². The number of tetrazole rings is 1. The van der Waals surface area contributed by atoms with Crippen LogP contribution in [0.3, 0.4) is 0 Å². The Morgan fingerprint density at radius 2 is 2.44 bits per heavy atom. The van der Waals surface area contributed by atoms with Gasteiger partial charge in [-0.05, 0) is 24.3 Å². The van der Waals surface area contributed by atoms with Gasteiger partial charge in [-0.15, -0.1) is 16.4 Å². The van der Waals surface area contributed by atoms with E-state index < -0.39 is 5.97 Å². The van der Waals surface area contributed by atoms with Gasteiger partial charge in [-0.3, -0.25) is 4.79 Å². The Balaban J connectivity index is 2.17. The van der Waals surface area contributed by atoms with E-state index in [1.807, 2.05) is 13.8 Å². The molecule has 1 atom stereocenters. The first kappa shape index (κ1) is 13.0. The number of thioether (sulfide) groups is 1. The van der Waals surface area contributed by atoms with Crippen LogP contribution in [-0.4, -0.2) is 42.0 Å². The second kappa shape index (κ2) is 5.44. The maximum atomic E-state index is 10.5. The van der Waals surface area contributed by atoms with Crippen molar-refractivity contribution >= 4 is 29.1 Å². The van der Waals surface area contributed by atoms with Gasteiger partial charge in [0, 0.05) is 11.1 Å². The molecule has 0 saturated heterocycles. The molecule has 0 bridgehead atoms. The lowest BCUT2D eigenvalue weighted by atomic mass is 10.4. The third-order valence-electron chi connectivity index (χ3n) is 2.15. The zero-order valence-electron chi connectivity index (χ0n) is 9.77. The third-order valence-corrected chi connectivity index (χ3v) is 4.15. The number of aliphatic carboxylic acids is 1. The number of carboxylic acid groups (broad SMARTS) is 1. The number of aromatic nitrogens is 5. The number of thiazole rings is 1. The van der Waals surface area contributed by atoms with Crippen LogP contribution < -0.4 is 0 Å². The highest BCUT2D eigenvalue weighted by atomic mass is 32.2. The number of carbonyl (C=O) groups is 1. The van der Waals surface area contributed by atoms with Gasteiger partial charge < -0.3 is 5.11 Å². The van der Waals surface area contributed by atoms with Crippen molar-refractivity contribution in [1.29, 1.82) is 0 Å². The maximum absolute atomic E-state index is 10.5. The first-order valence-electron chi connectivity index (χ1n) is 5.12. The predicted molar refractivity (Wildman–Crippen MR) is 66.8 cm³/mol. The smallest absolute Gasteiger partial charge is 0.313 e. The first-order valence-corrected chi connectivity index (χ1v) is 6.93. The van der Waals surface area contributed by atoms with Gasteiger partial charge >= 0.3 is 5.97 Å². The van der Waals surface area contributed by atoms with Crippen molar-refractivity contribution in [3.8, 4) is 0 Å². The van der Waals surface area contributed by atoms with Crippen molar-refractivity contribution in [3.05, 3.63) is 16.1 Å². The van der Waals surface area contributed by atoms with E-state index in [0.717, 1.165) is 21.6 Å². The summed E-state index contributed by atoms with van der Waals surface area (Å²) in [4.78, 5) is 15.9. The molecule has 0 aliphatic carbocycles. The number of aryl methyl sites for hydroxylation is 1. The van der Waals surface area contributed by atoms with Gasteiger partial charge in [-0.1, -0.05) is 11.8 Å². The highest BCUT2D eigenvalue weighted by Crippen LogP contribution is 2.25. The topological polar surface area (TPSA) is 93.8 Å². The van der Waals surface area contributed by atoms with Crippen LogP contribution in [0.4, 0.5) is 0 Å². The zero-order chi connectivity index (χ0) is 13.1. The highest BCUT2D eigenvalue weighted by molar-refractivity contribution is 7.99. The standard InChI is InChI=1S/C9H11N5O2S2/c1-5-3-10-8(18-5)6(2)14-9(11-12-13-14)17-4-7(15)16/h3,6H,4H2,1-2H3,(H,15,16). The molecule has 18 heavy (non-hydrogen) atoms. The van der Waals surface area contributed by atoms with Gasteiger partial charge in [0.05, 0.1) is 5.75 Å². The lowest BCUT2D eigenvalue weighted by Gasteiger charge is -2.09. The average molecular weight is 285 g/mol. The minimum Gasteiger partial charge on any atom is -0.481 e. The summed E-state index contributed by atoms with van der Waals surface area (Å²) in [5, 5.41) is 21.3. The molecule has 2 aromatic rings. The van der Waals surface area contributed by atoms with Gasteiger partial charge in [0.2, 0.25) is 5.16 Å². The van der Waals surface area contributed by atoms with Crippen LogP contribution >= 0.6 is 23.1 Å². The Kier molecular flexibility index (Phi) is 3.92. The Labute approximate surface area is 111 Å². The van der Waals surface area contributed by atoms with E-state index in [-0.39, 0.29) is 11.8 Å². The fourth-order valence-electron chi connectivity index (χ4n) is 1.32. The molecule has 0 aliphatic heterocycles. The number of carboxylic acids is 1. The van der Waals surface area contributed by atoms with E-state index in [2.05, 4.69) is 20.5 Å². The molecular weight excluding hydrogens is 274 g/mol. The van der Waals surface area contributed by atoms with E-state index in [9.17, 15) is 4.79 Å². The van der Waals surface area contributed by atoms with Crippen molar-refractivity contribution < 1.29 is 9.90 Å². The van der Waals surface area contributed by atoms with Gasteiger partial charge in [-0.25, -0.2) is 9.67 Å². The molecule has 0 saturated carbocycles. The molecule has 0 radical (unpaired) electrons. The summed E-state index contributed by atoms with van der Waals surface area (Å²) in [6, 6.07) is -0.102. The van der Waals surface area contributed by atoms with Crippen molar-refractivity contribution in [2.45, 2.75) is 25.0 Å². The highest BCUT2D eigenvalue weighted by Gasteiger charge is 2.18. The monoisotopic (exact) mass is 285 g/mol. The number of nitrogens with zero attached hydrogens (tertiary/aromatic N) is 5. The zero-order valence-corrected chi connectivity index (χ0v) is 11.4. The summed E-state index contributed by atoms with van der Waals surface area (Å²) in [6.07, 6.45) is 1.80. The van der Waals surface area contributed by atoms with E-state index in [1.54, 1.807) is 22.2 Å². The molecule has 0 aromatic carbocycles. The second-order valence-electron chi connectivity index (χ2n) is 3.57. The summed E-state index contributed by atoms with van der Waals surface area (Å²) < 4.78 is 1.59. The number of hydrogen-bond acceptors (Lipinski definition) is 7. The lowest BCUT2D eigenvalue weighted by Crippen LogP contribution is -2.10. The Morgan fingerprint density at radius 1 is 1.67 bits per heavy atom. The minimum absolute atomic E-state index is 0.0655. The third kappa shape index (κ3) is 2.85. The van der Waals surface area contributed by atoms with Crippen molar-refractivity contribution in [2.24, 2.45) is 0 Å². The molecule has 0 aliphatic rings. The van der Waals surface area contributed by atoms with Crippen LogP contribution in [0.2, 0.25) is 0 Å². The normalized spacial score (nSPS) is 12.6. The van der Waals surface area contributed by atoms with Gasteiger partial charge in [-0.2, -0.15) is 0 Å². The van der Waals surface area contributed by atoms with Crippen molar-refractivity contribution in [2.75, 3.05) is 5.75 Å². The van der Waals surface area contributed by atoms with Crippen LogP contribution in [0.5, 0.6) is 0 Å². The quantitative estimate of drug-likeness (QED) is 0.825. The first-order chi connectivity index (χ1) is 8.58. The SMILES string of the molecule is Cc1cnc(C(C)n2nnnc2SCC(=O)O)s1. The molecule has 1 N–H and O–H groups in total. The molecule has 0 amide bonds. The Bertz CT molecular complexity index is 553. The number of rotatable bonds is 5. The molecule has 1 unspecified atom stereocenters. The van der Waals surface area contributed by atoms with E-state index in [1.165, 1.54) is 0 Å². The molecule has 0 fully saturated rings. The lowest BCUT2D eigenvalue weighted by molar-refractivity contribution is -0.133. The molecule has 0 spiro atoms. The minimum atomic E-state index is -0.896. The molecule has 9 heteroatoms. The summed E-state index contributed by atoms with van der Waals surface area (Å²) in [7, 11) is 0. The summed E-state index contributed by atoms with van der Waals surface area (Å²) in [6.45, 7) is 3.91. The molecule has 2 heterocycles. The van der Waals surface area contributed by atoms with Gasteiger partial charge in [0.1, 0.15) is 11.0 Å². The fraction of sp³-hybridized carbons (Fsp3) is 0.444. The van der Waals surface area contributed by atoms with Crippen molar-refractivity contribution in [1.82, 2.24) is 25.2 Å². The molecule has 2 aromatic heterocycles. The summed E-state index contributed by atoms with van der Waals surface area (Å²) in [5.41, 5.74) is 0. The molecular formula is C9H11N5O2S2. The Hall–Kier alpha value is -1.48. The van der Waals surface area contributed by atoms with E-state index in [4.69, 9.17) is 5.11 Å². The molecule has 7 nitrogen and oxygen atoms in total. The molecule has 96 valence electrons. The Morgan fingerprint density at radius 3 is 3.06 bits per heavy atom. The average Bonchev–Trinajstić information content (AvgIpc) is 2.93. The van der Waals surface area contributed by atoms with Crippen molar-refractivity contribution in [3.63, 3.8) is 0 Å². The largest absolute Gasteiger partial charge is 0.481 e. The predicted octanol–water partition coefficient (Wildman–Crippen LogP) is 1.22. The molecule has 2 rings (SSSR count). The van der Waals surface area contributed by atoms with Crippen LogP contribution in [0, 0.1) is 6.92 Å². The fourth-order valence-corrected chi connectivity index (χ4v) is 2.80. The van der Waals surface area contributed by atoms with Crippen LogP contribution in [-0.2, 0) is 4.79 Å². The summed E-state index contributed by atoms with van der Waals surface area (Å²) in [5.74, 6) is -0.962. The van der Waals surface area contributed by atoms with Gasteiger partial charge in [0.15, 0.2) is 0 Å². The number of hydrogen-bond donors (Lipinski definition) is 1. The van der Waals surface area contributed by atoms with E-state index >= 15 is 0 Å². The van der Waals surface area contributed by atoms with E-state index in [0.29, 0.717) is 5.16 Å².